The number of hydrogen-bond donors (Lipinski definition) is 2. The van der Waals surface area contributed by atoms with E-state index in [-0.39, 0.29) is 0 Å². The maximum atomic E-state index is 5.41. The van der Waals surface area contributed by atoms with E-state index in [1.54, 1.807) is 0 Å². The number of guanidine groups is 1. The molecule has 0 aromatic rings. The van der Waals surface area contributed by atoms with Crippen LogP contribution in [0.5, 0.6) is 0 Å². The Morgan fingerprint density at radius 2 is 1.88 bits per heavy atom. The van der Waals surface area contributed by atoms with Crippen molar-refractivity contribution in [2.75, 3.05) is 59.0 Å². The Labute approximate surface area is 159 Å². The van der Waals surface area contributed by atoms with E-state index in [0.29, 0.717) is 6.04 Å². The molecular weight excluding hydrogens is 326 g/mol. The Bertz CT molecular complexity index is 418. The Morgan fingerprint density at radius 3 is 2.65 bits per heavy atom. The summed E-state index contributed by atoms with van der Waals surface area (Å²) in [6, 6.07) is 1.41. The summed E-state index contributed by atoms with van der Waals surface area (Å²) >= 11 is 0. The molecule has 2 N–H and O–H groups in total. The number of morpholine rings is 1. The second-order valence-corrected chi connectivity index (χ2v) is 7.98. The molecule has 0 aromatic heterocycles. The highest BCUT2D eigenvalue weighted by molar-refractivity contribution is 5.80. The number of nitrogens with zero attached hydrogens (tertiary/aromatic N) is 3. The van der Waals surface area contributed by atoms with E-state index in [2.05, 4.69) is 27.4 Å². The molecule has 0 amide bonds. The first-order chi connectivity index (χ1) is 12.8. The van der Waals surface area contributed by atoms with Gasteiger partial charge in [0.25, 0.3) is 0 Å². The van der Waals surface area contributed by atoms with Crippen LogP contribution in [0.25, 0.3) is 0 Å². The van der Waals surface area contributed by atoms with Gasteiger partial charge in [-0.1, -0.05) is 12.8 Å². The van der Waals surface area contributed by atoms with Crippen LogP contribution in [0.2, 0.25) is 0 Å². The van der Waals surface area contributed by atoms with Crippen LogP contribution in [0.15, 0.2) is 4.99 Å². The van der Waals surface area contributed by atoms with E-state index in [9.17, 15) is 0 Å². The fourth-order valence-electron chi connectivity index (χ4n) is 4.48. The molecule has 26 heavy (non-hydrogen) atoms. The molecule has 6 nitrogen and oxygen atoms in total. The maximum absolute atomic E-state index is 5.41. The molecule has 0 bridgehead atoms. The molecule has 0 radical (unpaired) electrons. The summed E-state index contributed by atoms with van der Waals surface area (Å²) in [5, 5.41) is 7.11. The smallest absolute Gasteiger partial charge is 0.191 e. The van der Waals surface area contributed by atoms with Crippen LogP contribution < -0.4 is 10.6 Å². The average molecular weight is 366 g/mol. The van der Waals surface area contributed by atoms with Crippen molar-refractivity contribution in [3.63, 3.8) is 0 Å². The van der Waals surface area contributed by atoms with Crippen molar-refractivity contribution in [2.45, 2.75) is 64.0 Å². The van der Waals surface area contributed by atoms with Gasteiger partial charge in [-0.05, 0) is 45.6 Å². The lowest BCUT2D eigenvalue weighted by atomic mass is 10.2. The minimum absolute atomic E-state index is 0.557. The topological polar surface area (TPSA) is 52.1 Å². The summed E-state index contributed by atoms with van der Waals surface area (Å²) in [5.41, 5.74) is 0. The van der Waals surface area contributed by atoms with E-state index < -0.39 is 0 Å². The standard InChI is InChI=1S/C20H39N5O/c1-2-21-20(22-10-5-6-11-24-13-15-26-16-14-24)23-18-9-12-25(17-18)19-7-3-4-8-19/h18-19H,2-17H2,1H3,(H2,21,22,23). The van der Waals surface area contributed by atoms with E-state index >= 15 is 0 Å². The molecule has 0 aromatic carbocycles. The molecule has 0 spiro atoms. The largest absolute Gasteiger partial charge is 0.379 e. The Kier molecular flexibility index (Phi) is 8.49. The van der Waals surface area contributed by atoms with E-state index in [1.165, 1.54) is 58.2 Å². The average Bonchev–Trinajstić information content (AvgIpc) is 3.34. The number of ether oxygens (including phenoxy) is 1. The lowest BCUT2D eigenvalue weighted by molar-refractivity contribution is 0.0373. The molecule has 2 saturated heterocycles. The summed E-state index contributed by atoms with van der Waals surface area (Å²) in [6.07, 6.45) is 9.29. The van der Waals surface area contributed by atoms with Crippen molar-refractivity contribution in [3.8, 4) is 0 Å². The van der Waals surface area contributed by atoms with E-state index in [1.807, 2.05) is 0 Å². The Balaban J connectivity index is 1.34. The van der Waals surface area contributed by atoms with Gasteiger partial charge in [0.05, 0.1) is 13.2 Å². The summed E-state index contributed by atoms with van der Waals surface area (Å²) in [6.45, 7) is 11.6. The number of hydrogen-bond acceptors (Lipinski definition) is 4. The molecule has 150 valence electrons. The first-order valence-electron chi connectivity index (χ1n) is 10.9. The third-order valence-corrected chi connectivity index (χ3v) is 6.00. The van der Waals surface area contributed by atoms with Crippen LogP contribution in [-0.2, 0) is 4.74 Å². The van der Waals surface area contributed by atoms with Gasteiger partial charge in [-0.2, -0.15) is 0 Å². The zero-order chi connectivity index (χ0) is 18.0. The van der Waals surface area contributed by atoms with Gasteiger partial charge in [-0.3, -0.25) is 14.8 Å². The zero-order valence-electron chi connectivity index (χ0n) is 16.7. The molecule has 3 fully saturated rings. The molecule has 2 heterocycles. The number of nitrogens with one attached hydrogen (secondary N) is 2. The predicted octanol–water partition coefficient (Wildman–Crippen LogP) is 1.67. The lowest BCUT2D eigenvalue weighted by Crippen LogP contribution is -2.45. The quantitative estimate of drug-likeness (QED) is 0.389. The van der Waals surface area contributed by atoms with Crippen LogP contribution in [0.4, 0.5) is 0 Å². The normalized spacial score (nSPS) is 26.5. The third kappa shape index (κ3) is 6.39. The molecular formula is C20H39N5O. The number of rotatable bonds is 8. The van der Waals surface area contributed by atoms with Gasteiger partial charge in [-0.15, -0.1) is 0 Å². The number of likely N-dealkylation sites (tertiary alicyclic amines) is 1. The second-order valence-electron chi connectivity index (χ2n) is 7.98. The van der Waals surface area contributed by atoms with Crippen LogP contribution in [0.3, 0.4) is 0 Å². The number of unbranched alkanes of at least 4 members (excludes halogenated alkanes) is 1. The molecule has 2 aliphatic heterocycles. The van der Waals surface area contributed by atoms with Gasteiger partial charge in [-0.25, -0.2) is 0 Å². The zero-order valence-corrected chi connectivity index (χ0v) is 16.7. The van der Waals surface area contributed by atoms with E-state index in [0.717, 1.165) is 57.8 Å². The third-order valence-electron chi connectivity index (χ3n) is 6.00. The van der Waals surface area contributed by atoms with Gasteiger partial charge >= 0.3 is 0 Å². The fourth-order valence-corrected chi connectivity index (χ4v) is 4.48. The van der Waals surface area contributed by atoms with Crippen molar-refractivity contribution >= 4 is 5.96 Å². The molecule has 3 aliphatic rings. The molecule has 3 rings (SSSR count). The Hall–Kier alpha value is -0.850. The monoisotopic (exact) mass is 365 g/mol. The number of aliphatic imine (C=N–C) groups is 1. The summed E-state index contributed by atoms with van der Waals surface area (Å²) in [5.74, 6) is 1.01. The van der Waals surface area contributed by atoms with Crippen LogP contribution in [0.1, 0.15) is 51.9 Å². The highest BCUT2D eigenvalue weighted by atomic mass is 16.5. The minimum atomic E-state index is 0.557. The first kappa shape index (κ1) is 19.9. The molecule has 6 heteroatoms. The van der Waals surface area contributed by atoms with Gasteiger partial charge < -0.3 is 15.4 Å². The predicted molar refractivity (Wildman–Crippen MR) is 108 cm³/mol. The van der Waals surface area contributed by atoms with Crippen LogP contribution >= 0.6 is 0 Å². The fraction of sp³-hybridized carbons (Fsp3) is 0.950. The molecule has 1 saturated carbocycles. The van der Waals surface area contributed by atoms with Crippen molar-refractivity contribution in [3.05, 3.63) is 0 Å². The molecule has 1 aliphatic carbocycles. The van der Waals surface area contributed by atoms with Gasteiger partial charge in [0.2, 0.25) is 0 Å². The summed E-state index contributed by atoms with van der Waals surface area (Å²) in [7, 11) is 0. The minimum Gasteiger partial charge on any atom is -0.379 e. The highest BCUT2D eigenvalue weighted by Gasteiger charge is 2.30. The maximum Gasteiger partial charge on any atom is 0.191 e. The van der Waals surface area contributed by atoms with Gasteiger partial charge in [0, 0.05) is 51.4 Å². The van der Waals surface area contributed by atoms with Crippen LogP contribution in [0, 0.1) is 0 Å². The summed E-state index contributed by atoms with van der Waals surface area (Å²) < 4.78 is 5.41. The molecule has 1 unspecified atom stereocenters. The van der Waals surface area contributed by atoms with Crippen molar-refractivity contribution in [1.29, 1.82) is 0 Å². The Morgan fingerprint density at radius 1 is 1.08 bits per heavy atom. The summed E-state index contributed by atoms with van der Waals surface area (Å²) in [4.78, 5) is 10.0. The lowest BCUT2D eigenvalue weighted by Gasteiger charge is -2.26. The van der Waals surface area contributed by atoms with Gasteiger partial charge in [0.15, 0.2) is 5.96 Å². The first-order valence-corrected chi connectivity index (χ1v) is 10.9. The van der Waals surface area contributed by atoms with Crippen molar-refractivity contribution in [2.24, 2.45) is 4.99 Å². The second kappa shape index (κ2) is 11.1. The van der Waals surface area contributed by atoms with Crippen LogP contribution in [-0.4, -0.2) is 86.9 Å². The highest BCUT2D eigenvalue weighted by Crippen LogP contribution is 2.26. The van der Waals surface area contributed by atoms with Crippen molar-refractivity contribution < 1.29 is 4.74 Å². The van der Waals surface area contributed by atoms with E-state index in [4.69, 9.17) is 9.73 Å². The van der Waals surface area contributed by atoms with Gasteiger partial charge in [0.1, 0.15) is 0 Å². The molecule has 1 atom stereocenters. The van der Waals surface area contributed by atoms with Crippen molar-refractivity contribution in [1.82, 2.24) is 20.4 Å². The SMILES string of the molecule is CCNC(=NCCCCN1CCOCC1)NC1CCN(C2CCCC2)C1.